The lowest BCUT2D eigenvalue weighted by atomic mass is 10.1. The van der Waals surface area contributed by atoms with E-state index >= 15 is 0 Å². The summed E-state index contributed by atoms with van der Waals surface area (Å²) in [6.45, 7) is 0.256. The van der Waals surface area contributed by atoms with Gasteiger partial charge in [0.25, 0.3) is 11.5 Å². The molecule has 1 atom stereocenters. The average Bonchev–Trinajstić information content (AvgIpc) is 2.98. The summed E-state index contributed by atoms with van der Waals surface area (Å²) in [5, 5.41) is 17.1. The third-order valence-corrected chi connectivity index (χ3v) is 6.28. The number of nitrogens with one attached hydrogen (secondary N) is 2. The van der Waals surface area contributed by atoms with Crippen molar-refractivity contribution in [2.45, 2.75) is 19.2 Å². The van der Waals surface area contributed by atoms with Gasteiger partial charge in [0.1, 0.15) is 17.7 Å². The largest absolute Gasteiger partial charge is 0.387 e. The van der Waals surface area contributed by atoms with Gasteiger partial charge in [0.05, 0.1) is 24.5 Å². The van der Waals surface area contributed by atoms with Gasteiger partial charge in [0.15, 0.2) is 11.6 Å². The number of rotatable bonds is 9. The Morgan fingerprint density at radius 1 is 0.975 bits per heavy atom. The predicted octanol–water partition coefficient (Wildman–Crippen LogP) is 3.59. The van der Waals surface area contributed by atoms with Crippen LogP contribution in [0.25, 0.3) is 10.9 Å². The number of anilines is 1. The number of hydrogen-bond donors (Lipinski definition) is 3. The van der Waals surface area contributed by atoms with Crippen molar-refractivity contribution in [3.8, 4) is 0 Å². The molecule has 11 heteroatoms. The summed E-state index contributed by atoms with van der Waals surface area (Å²) in [4.78, 5) is 38.3. The molecule has 0 spiro atoms. The highest BCUT2D eigenvalue weighted by molar-refractivity contribution is 5.93. The predicted molar refractivity (Wildman–Crippen MR) is 145 cm³/mol. The van der Waals surface area contributed by atoms with Gasteiger partial charge in [0.2, 0.25) is 0 Å². The van der Waals surface area contributed by atoms with Crippen molar-refractivity contribution < 1.29 is 18.7 Å². The Bertz CT molecular complexity index is 1730. The van der Waals surface area contributed by atoms with E-state index in [4.69, 9.17) is 0 Å². The van der Waals surface area contributed by atoms with Crippen LogP contribution >= 0.6 is 0 Å². The molecule has 1 unspecified atom stereocenters. The number of halogens is 2. The molecule has 0 fully saturated rings. The fourth-order valence-electron chi connectivity index (χ4n) is 4.17. The van der Waals surface area contributed by atoms with Gasteiger partial charge >= 0.3 is 0 Å². The van der Waals surface area contributed by atoms with Crippen LogP contribution in [0.4, 0.5) is 14.6 Å². The van der Waals surface area contributed by atoms with Crippen molar-refractivity contribution in [2.24, 2.45) is 0 Å². The molecule has 0 radical (unpaired) electrons. The third-order valence-electron chi connectivity index (χ3n) is 6.28. The van der Waals surface area contributed by atoms with Crippen LogP contribution in [0.2, 0.25) is 0 Å². The number of aliphatic hydroxyl groups excluding tert-OH is 1. The van der Waals surface area contributed by atoms with E-state index in [-0.39, 0.29) is 25.2 Å². The van der Waals surface area contributed by atoms with E-state index < -0.39 is 29.2 Å². The second-order valence-electron chi connectivity index (χ2n) is 9.05. The Hall–Kier alpha value is -5.03. The Morgan fingerprint density at radius 3 is 2.58 bits per heavy atom. The number of aliphatic hydroxyl groups is 1. The zero-order chi connectivity index (χ0) is 28.1. The van der Waals surface area contributed by atoms with E-state index in [1.807, 2.05) is 36.4 Å². The zero-order valence-electron chi connectivity index (χ0n) is 21.1. The highest BCUT2D eigenvalue weighted by atomic mass is 19.2. The van der Waals surface area contributed by atoms with Crippen LogP contribution in [0.15, 0.2) is 90.4 Å². The lowest BCUT2D eigenvalue weighted by molar-refractivity contribution is 0.0948. The van der Waals surface area contributed by atoms with E-state index in [0.717, 1.165) is 34.0 Å². The number of fused-ring (bicyclic) bond motifs is 1. The average molecular weight is 543 g/mol. The first-order valence-electron chi connectivity index (χ1n) is 12.4. The number of nitrogens with zero attached hydrogens (tertiary/aromatic N) is 4. The minimum atomic E-state index is -1.03. The van der Waals surface area contributed by atoms with Crippen LogP contribution in [0.1, 0.15) is 33.2 Å². The SMILES string of the molecule is O=C(NCc1ccc2ncnc(NCC(O)c3ccccc3)c2c1)c1cncn(Cc2ccc(F)c(F)c2)c1=O. The van der Waals surface area contributed by atoms with Crippen molar-refractivity contribution in [1.82, 2.24) is 24.8 Å². The van der Waals surface area contributed by atoms with Crippen LogP contribution < -0.4 is 16.2 Å². The molecule has 3 aromatic carbocycles. The monoisotopic (exact) mass is 542 g/mol. The number of amides is 1. The first kappa shape index (κ1) is 26.6. The molecule has 3 N–H and O–H groups in total. The lowest BCUT2D eigenvalue weighted by Crippen LogP contribution is -2.33. The summed E-state index contributed by atoms with van der Waals surface area (Å²) in [5.41, 5.74) is 1.72. The minimum absolute atomic E-state index is 0.0798. The van der Waals surface area contributed by atoms with E-state index in [1.165, 1.54) is 18.7 Å². The normalized spacial score (nSPS) is 11.8. The standard InChI is InChI=1S/C29H24F2N6O3/c30-23-8-6-19(11-24(23)31)15-37-17-32-13-22(29(37)40)28(39)34-12-18-7-9-25-21(10-18)27(36-16-35-25)33-14-26(38)20-4-2-1-3-5-20/h1-11,13,16-17,26,38H,12,14-15H2,(H,34,39)(H,33,35,36). The molecule has 2 aromatic heterocycles. The number of aromatic nitrogens is 4. The quantitative estimate of drug-likeness (QED) is 0.260. The van der Waals surface area contributed by atoms with Crippen LogP contribution in [-0.2, 0) is 13.1 Å². The fourth-order valence-corrected chi connectivity index (χ4v) is 4.17. The van der Waals surface area contributed by atoms with Crippen molar-refractivity contribution in [3.05, 3.63) is 130 Å². The van der Waals surface area contributed by atoms with Crippen LogP contribution in [0.3, 0.4) is 0 Å². The van der Waals surface area contributed by atoms with E-state index in [9.17, 15) is 23.5 Å². The van der Waals surface area contributed by atoms with Gasteiger partial charge in [0, 0.05) is 24.7 Å². The van der Waals surface area contributed by atoms with Gasteiger partial charge in [-0.1, -0.05) is 42.5 Å². The molecule has 0 saturated heterocycles. The maximum absolute atomic E-state index is 13.6. The van der Waals surface area contributed by atoms with Gasteiger partial charge in [-0.25, -0.2) is 23.7 Å². The van der Waals surface area contributed by atoms with Crippen molar-refractivity contribution >= 4 is 22.6 Å². The smallest absolute Gasteiger partial charge is 0.266 e. The highest BCUT2D eigenvalue weighted by Crippen LogP contribution is 2.22. The Morgan fingerprint density at radius 2 is 1.77 bits per heavy atom. The Balaban J connectivity index is 1.28. The van der Waals surface area contributed by atoms with Gasteiger partial charge < -0.3 is 15.7 Å². The van der Waals surface area contributed by atoms with Crippen molar-refractivity contribution in [3.63, 3.8) is 0 Å². The molecule has 1 amide bonds. The molecule has 0 aliphatic heterocycles. The molecule has 5 rings (SSSR count). The summed E-state index contributed by atoms with van der Waals surface area (Å²) >= 11 is 0. The molecule has 0 bridgehead atoms. The molecule has 0 aliphatic rings. The summed E-state index contributed by atoms with van der Waals surface area (Å²) < 4.78 is 27.9. The van der Waals surface area contributed by atoms with Crippen LogP contribution in [0, 0.1) is 11.6 Å². The molecule has 9 nitrogen and oxygen atoms in total. The fraction of sp³-hybridized carbons (Fsp3) is 0.138. The molecule has 0 saturated carbocycles. The lowest BCUT2D eigenvalue weighted by Gasteiger charge is -2.14. The number of benzene rings is 3. The van der Waals surface area contributed by atoms with Gasteiger partial charge in [-0.2, -0.15) is 0 Å². The second kappa shape index (κ2) is 11.8. The van der Waals surface area contributed by atoms with E-state index in [2.05, 4.69) is 25.6 Å². The molecular weight excluding hydrogens is 518 g/mol. The molecule has 202 valence electrons. The summed E-state index contributed by atoms with van der Waals surface area (Å²) in [7, 11) is 0. The van der Waals surface area contributed by atoms with E-state index in [0.29, 0.717) is 22.3 Å². The van der Waals surface area contributed by atoms with Gasteiger partial charge in [-0.15, -0.1) is 0 Å². The summed E-state index contributed by atoms with van der Waals surface area (Å²) in [6.07, 6.45) is 3.08. The van der Waals surface area contributed by atoms with Crippen molar-refractivity contribution in [2.75, 3.05) is 11.9 Å². The third kappa shape index (κ3) is 6.00. The maximum atomic E-state index is 13.6. The number of hydrogen-bond acceptors (Lipinski definition) is 7. The van der Waals surface area contributed by atoms with Crippen molar-refractivity contribution in [1.29, 1.82) is 0 Å². The molecule has 40 heavy (non-hydrogen) atoms. The van der Waals surface area contributed by atoms with E-state index in [1.54, 1.807) is 12.1 Å². The van der Waals surface area contributed by atoms with Gasteiger partial charge in [-0.05, 0) is 41.0 Å². The number of carbonyl (C=O) groups is 1. The molecule has 2 heterocycles. The van der Waals surface area contributed by atoms with Gasteiger partial charge in [-0.3, -0.25) is 14.2 Å². The first-order chi connectivity index (χ1) is 19.4. The molecular formula is C29H24F2N6O3. The molecule has 0 aliphatic carbocycles. The Labute approximate surface area is 227 Å². The maximum Gasteiger partial charge on any atom is 0.266 e. The minimum Gasteiger partial charge on any atom is -0.387 e. The number of carbonyl (C=O) groups excluding carboxylic acids is 1. The summed E-state index contributed by atoms with van der Waals surface area (Å²) in [5.74, 6) is -2.12. The van der Waals surface area contributed by atoms with Crippen LogP contribution in [-0.4, -0.2) is 37.1 Å². The topological polar surface area (TPSA) is 122 Å². The Kier molecular flexibility index (Phi) is 7.83. The molecule has 5 aromatic rings. The zero-order valence-corrected chi connectivity index (χ0v) is 21.1. The second-order valence-corrected chi connectivity index (χ2v) is 9.05. The highest BCUT2D eigenvalue weighted by Gasteiger charge is 2.15. The van der Waals surface area contributed by atoms with Crippen LogP contribution in [0.5, 0.6) is 0 Å². The summed E-state index contributed by atoms with van der Waals surface area (Å²) in [6, 6.07) is 18.0. The first-order valence-corrected chi connectivity index (χ1v) is 12.4.